The van der Waals surface area contributed by atoms with Gasteiger partial charge in [0.2, 0.25) is 5.91 Å². The van der Waals surface area contributed by atoms with Gasteiger partial charge in [-0.1, -0.05) is 29.8 Å². The number of carbonyl (C=O) groups excluding carboxylic acids is 1. The standard InChI is InChI=1S/C16H20N4OS/c1-11-5-7-13(8-6-11)15-17-18-16(22)20(15)10-14(21)19-9-3-4-12(19)2/h5-8,12H,3-4,9-10H2,1-2H3,(H,18,22). The summed E-state index contributed by atoms with van der Waals surface area (Å²) in [5.74, 6) is 0.820. The molecule has 1 unspecified atom stereocenters. The number of rotatable bonds is 3. The van der Waals surface area contributed by atoms with E-state index in [2.05, 4.69) is 17.1 Å². The number of aromatic nitrogens is 3. The molecular formula is C16H20N4OS. The molecule has 1 aromatic carbocycles. The van der Waals surface area contributed by atoms with Gasteiger partial charge in [0, 0.05) is 18.2 Å². The summed E-state index contributed by atoms with van der Waals surface area (Å²) in [5.41, 5.74) is 2.15. The van der Waals surface area contributed by atoms with Crippen LogP contribution in [0.3, 0.4) is 0 Å². The number of carbonyl (C=O) groups is 1. The summed E-state index contributed by atoms with van der Waals surface area (Å²) in [5, 5.41) is 7.09. The molecule has 22 heavy (non-hydrogen) atoms. The number of aryl methyl sites for hydroxylation is 1. The molecule has 6 heteroatoms. The van der Waals surface area contributed by atoms with Crippen molar-refractivity contribution in [3.63, 3.8) is 0 Å². The Morgan fingerprint density at radius 3 is 2.77 bits per heavy atom. The van der Waals surface area contributed by atoms with Gasteiger partial charge in [0.05, 0.1) is 0 Å². The molecule has 1 aliphatic rings. The van der Waals surface area contributed by atoms with E-state index in [-0.39, 0.29) is 12.5 Å². The van der Waals surface area contributed by atoms with Crippen molar-refractivity contribution >= 4 is 18.1 Å². The summed E-state index contributed by atoms with van der Waals surface area (Å²) >= 11 is 5.30. The fourth-order valence-electron chi connectivity index (χ4n) is 2.92. The maximum absolute atomic E-state index is 12.5. The molecule has 0 radical (unpaired) electrons. The lowest BCUT2D eigenvalue weighted by molar-refractivity contribution is -0.132. The molecule has 1 aromatic heterocycles. The van der Waals surface area contributed by atoms with Crippen LogP contribution >= 0.6 is 12.2 Å². The Morgan fingerprint density at radius 1 is 1.41 bits per heavy atom. The predicted molar refractivity (Wildman–Crippen MR) is 88.0 cm³/mol. The zero-order chi connectivity index (χ0) is 15.7. The number of hydrogen-bond donors (Lipinski definition) is 1. The molecule has 0 aliphatic carbocycles. The zero-order valence-electron chi connectivity index (χ0n) is 12.9. The quantitative estimate of drug-likeness (QED) is 0.886. The van der Waals surface area contributed by atoms with Crippen LogP contribution in [0.5, 0.6) is 0 Å². The molecule has 3 rings (SSSR count). The molecule has 0 spiro atoms. The second-order valence-corrected chi connectivity index (χ2v) is 6.27. The van der Waals surface area contributed by atoms with Crippen molar-refractivity contribution in [1.82, 2.24) is 19.7 Å². The zero-order valence-corrected chi connectivity index (χ0v) is 13.7. The first kappa shape index (κ1) is 15.0. The molecule has 0 bridgehead atoms. The van der Waals surface area contributed by atoms with E-state index < -0.39 is 0 Å². The van der Waals surface area contributed by atoms with Crippen molar-refractivity contribution in [2.45, 2.75) is 39.3 Å². The summed E-state index contributed by atoms with van der Waals surface area (Å²) in [6.07, 6.45) is 2.15. The van der Waals surface area contributed by atoms with Gasteiger partial charge in [0.15, 0.2) is 10.6 Å². The van der Waals surface area contributed by atoms with Crippen molar-refractivity contribution in [2.24, 2.45) is 0 Å². The number of amides is 1. The molecule has 1 aliphatic heterocycles. The average molecular weight is 316 g/mol. The van der Waals surface area contributed by atoms with E-state index >= 15 is 0 Å². The van der Waals surface area contributed by atoms with Gasteiger partial charge in [-0.2, -0.15) is 5.10 Å². The van der Waals surface area contributed by atoms with Gasteiger partial charge in [0.25, 0.3) is 0 Å². The Labute approximate surface area is 135 Å². The van der Waals surface area contributed by atoms with Gasteiger partial charge < -0.3 is 4.90 Å². The highest BCUT2D eigenvalue weighted by Gasteiger charge is 2.26. The minimum absolute atomic E-state index is 0.107. The van der Waals surface area contributed by atoms with Gasteiger partial charge >= 0.3 is 0 Å². The highest BCUT2D eigenvalue weighted by molar-refractivity contribution is 7.71. The van der Waals surface area contributed by atoms with E-state index in [4.69, 9.17) is 12.2 Å². The lowest BCUT2D eigenvalue weighted by Gasteiger charge is -2.21. The summed E-state index contributed by atoms with van der Waals surface area (Å²) in [6, 6.07) is 8.37. The number of aromatic amines is 1. The molecule has 2 aromatic rings. The van der Waals surface area contributed by atoms with Crippen molar-refractivity contribution in [2.75, 3.05) is 6.54 Å². The Bertz CT molecular complexity index is 731. The van der Waals surface area contributed by atoms with Crippen LogP contribution in [-0.4, -0.2) is 38.2 Å². The number of hydrogen-bond acceptors (Lipinski definition) is 3. The minimum Gasteiger partial charge on any atom is -0.338 e. The lowest BCUT2D eigenvalue weighted by atomic mass is 10.1. The maximum atomic E-state index is 12.5. The molecule has 1 saturated heterocycles. The molecular weight excluding hydrogens is 296 g/mol. The first-order chi connectivity index (χ1) is 10.6. The second kappa shape index (κ2) is 6.04. The van der Waals surface area contributed by atoms with Crippen LogP contribution in [-0.2, 0) is 11.3 Å². The van der Waals surface area contributed by atoms with E-state index in [1.54, 1.807) is 4.57 Å². The Hall–Kier alpha value is -1.95. The highest BCUT2D eigenvalue weighted by Crippen LogP contribution is 2.20. The third-order valence-electron chi connectivity index (χ3n) is 4.23. The summed E-state index contributed by atoms with van der Waals surface area (Å²) in [6.45, 7) is 5.22. The van der Waals surface area contributed by atoms with E-state index in [1.165, 1.54) is 5.56 Å². The van der Waals surface area contributed by atoms with E-state index in [1.807, 2.05) is 36.1 Å². The topological polar surface area (TPSA) is 53.9 Å². The maximum Gasteiger partial charge on any atom is 0.242 e. The third-order valence-corrected chi connectivity index (χ3v) is 4.55. The third kappa shape index (κ3) is 2.83. The predicted octanol–water partition coefficient (Wildman–Crippen LogP) is 2.93. The number of likely N-dealkylation sites (tertiary alicyclic amines) is 1. The van der Waals surface area contributed by atoms with Crippen LogP contribution in [0.4, 0.5) is 0 Å². The van der Waals surface area contributed by atoms with E-state index in [0.29, 0.717) is 16.6 Å². The molecule has 116 valence electrons. The van der Waals surface area contributed by atoms with Crippen molar-refractivity contribution < 1.29 is 4.79 Å². The molecule has 0 saturated carbocycles. The van der Waals surface area contributed by atoms with Crippen LogP contribution in [0.2, 0.25) is 0 Å². The monoisotopic (exact) mass is 316 g/mol. The van der Waals surface area contributed by atoms with E-state index in [0.717, 1.165) is 24.9 Å². The number of H-pyrrole nitrogens is 1. The minimum atomic E-state index is 0.107. The van der Waals surface area contributed by atoms with Gasteiger partial charge in [-0.25, -0.2) is 0 Å². The normalized spacial score (nSPS) is 17.9. The summed E-state index contributed by atoms with van der Waals surface area (Å²) < 4.78 is 2.27. The number of nitrogens with zero attached hydrogens (tertiary/aromatic N) is 3. The van der Waals surface area contributed by atoms with Crippen LogP contribution in [0.15, 0.2) is 24.3 Å². The molecule has 1 N–H and O–H groups in total. The Morgan fingerprint density at radius 2 is 2.14 bits per heavy atom. The van der Waals surface area contributed by atoms with Crippen molar-refractivity contribution in [3.05, 3.63) is 34.6 Å². The van der Waals surface area contributed by atoms with Crippen molar-refractivity contribution in [3.8, 4) is 11.4 Å². The number of nitrogens with one attached hydrogen (secondary N) is 1. The average Bonchev–Trinajstić information content (AvgIpc) is 3.07. The Balaban J connectivity index is 1.88. The van der Waals surface area contributed by atoms with Gasteiger partial charge in [-0.05, 0) is 38.9 Å². The fourth-order valence-corrected chi connectivity index (χ4v) is 3.11. The first-order valence-electron chi connectivity index (χ1n) is 7.58. The molecule has 1 atom stereocenters. The van der Waals surface area contributed by atoms with Crippen LogP contribution in [0.1, 0.15) is 25.3 Å². The summed E-state index contributed by atoms with van der Waals surface area (Å²) in [7, 11) is 0. The summed E-state index contributed by atoms with van der Waals surface area (Å²) in [4.78, 5) is 14.5. The van der Waals surface area contributed by atoms with Gasteiger partial charge in [-0.3, -0.25) is 14.5 Å². The smallest absolute Gasteiger partial charge is 0.242 e. The molecule has 5 nitrogen and oxygen atoms in total. The SMILES string of the molecule is Cc1ccc(-c2n[nH]c(=S)n2CC(=O)N2CCCC2C)cc1. The molecule has 2 heterocycles. The molecule has 1 amide bonds. The first-order valence-corrected chi connectivity index (χ1v) is 7.99. The lowest BCUT2D eigenvalue weighted by Crippen LogP contribution is -2.36. The van der Waals surface area contributed by atoms with Crippen LogP contribution in [0, 0.1) is 11.7 Å². The Kier molecular flexibility index (Phi) is 4.11. The van der Waals surface area contributed by atoms with Gasteiger partial charge in [-0.15, -0.1) is 0 Å². The van der Waals surface area contributed by atoms with E-state index in [9.17, 15) is 4.79 Å². The van der Waals surface area contributed by atoms with Crippen LogP contribution in [0.25, 0.3) is 11.4 Å². The number of benzene rings is 1. The second-order valence-electron chi connectivity index (χ2n) is 5.88. The molecule has 1 fully saturated rings. The van der Waals surface area contributed by atoms with Crippen molar-refractivity contribution in [1.29, 1.82) is 0 Å². The largest absolute Gasteiger partial charge is 0.338 e. The highest BCUT2D eigenvalue weighted by atomic mass is 32.1. The van der Waals surface area contributed by atoms with Crippen LogP contribution < -0.4 is 0 Å². The fraction of sp³-hybridized carbons (Fsp3) is 0.438. The van der Waals surface area contributed by atoms with Gasteiger partial charge in [0.1, 0.15) is 6.54 Å².